The monoisotopic (exact) mass is 433 g/mol. The number of furan rings is 1. The van der Waals surface area contributed by atoms with Gasteiger partial charge in [0.1, 0.15) is 22.7 Å². The average Bonchev–Trinajstić information content (AvgIpc) is 3.03. The van der Waals surface area contributed by atoms with Crippen LogP contribution in [0.25, 0.3) is 11.0 Å². The van der Waals surface area contributed by atoms with Crippen molar-refractivity contribution >= 4 is 38.6 Å². The van der Waals surface area contributed by atoms with Gasteiger partial charge in [0.25, 0.3) is 10.0 Å². The minimum atomic E-state index is -4.32. The van der Waals surface area contributed by atoms with Crippen molar-refractivity contribution in [3.63, 3.8) is 0 Å². The van der Waals surface area contributed by atoms with E-state index < -0.39 is 27.7 Å². The van der Waals surface area contributed by atoms with E-state index in [2.05, 4.69) is 0 Å². The number of carbonyl (C=O) groups is 2. The van der Waals surface area contributed by atoms with Crippen molar-refractivity contribution < 1.29 is 31.6 Å². The zero-order chi connectivity index (χ0) is 22.1. The lowest BCUT2D eigenvalue weighted by atomic mass is 10.1. The van der Waals surface area contributed by atoms with E-state index in [1.54, 1.807) is 13.8 Å². The van der Waals surface area contributed by atoms with Gasteiger partial charge in [-0.2, -0.15) is 0 Å². The molecule has 9 heteroatoms. The van der Waals surface area contributed by atoms with Gasteiger partial charge in [-0.15, -0.1) is 0 Å². The number of sulfonamides is 1. The second-order valence-electron chi connectivity index (χ2n) is 6.57. The summed E-state index contributed by atoms with van der Waals surface area (Å²) in [6, 6.07) is 8.50. The number of amides is 1. The fourth-order valence-corrected chi connectivity index (χ4v) is 4.58. The number of methoxy groups -OCH3 is 1. The van der Waals surface area contributed by atoms with Gasteiger partial charge in [0.2, 0.25) is 5.91 Å². The van der Waals surface area contributed by atoms with Gasteiger partial charge >= 0.3 is 5.97 Å². The summed E-state index contributed by atoms with van der Waals surface area (Å²) in [6.07, 6.45) is 0.404. The van der Waals surface area contributed by atoms with E-state index in [4.69, 9.17) is 9.15 Å². The van der Waals surface area contributed by atoms with E-state index in [-0.39, 0.29) is 22.6 Å². The first-order valence-electron chi connectivity index (χ1n) is 9.16. The summed E-state index contributed by atoms with van der Waals surface area (Å²) >= 11 is 0. The van der Waals surface area contributed by atoms with Gasteiger partial charge in [-0.25, -0.2) is 21.9 Å². The molecule has 0 saturated carbocycles. The molecule has 1 amide bonds. The molecule has 0 aliphatic carbocycles. The molecule has 1 heterocycles. The zero-order valence-electron chi connectivity index (χ0n) is 16.6. The Bertz CT molecular complexity index is 1210. The summed E-state index contributed by atoms with van der Waals surface area (Å²) in [5.74, 6) is -1.59. The minimum absolute atomic E-state index is 0.0211. The van der Waals surface area contributed by atoms with Crippen LogP contribution in [0.2, 0.25) is 0 Å². The van der Waals surface area contributed by atoms with Gasteiger partial charge in [0, 0.05) is 11.8 Å². The van der Waals surface area contributed by atoms with E-state index in [9.17, 15) is 22.4 Å². The number of carbonyl (C=O) groups excluding carboxylic acids is 2. The number of esters is 1. The van der Waals surface area contributed by atoms with Crippen molar-refractivity contribution in [1.29, 1.82) is 0 Å². The highest BCUT2D eigenvalue weighted by molar-refractivity contribution is 7.93. The number of fused-ring (bicyclic) bond motifs is 1. The number of anilines is 1. The third kappa shape index (κ3) is 3.80. The molecule has 0 saturated heterocycles. The van der Waals surface area contributed by atoms with Crippen LogP contribution in [-0.2, 0) is 19.6 Å². The molecule has 0 aliphatic heterocycles. The van der Waals surface area contributed by atoms with Gasteiger partial charge in [-0.05, 0) is 55.8 Å². The lowest BCUT2D eigenvalue weighted by molar-refractivity contribution is -0.117. The van der Waals surface area contributed by atoms with Crippen molar-refractivity contribution in [2.75, 3.05) is 11.4 Å². The van der Waals surface area contributed by atoms with E-state index in [1.807, 2.05) is 0 Å². The van der Waals surface area contributed by atoms with Crippen molar-refractivity contribution in [2.24, 2.45) is 0 Å². The smallest absolute Gasteiger partial charge is 0.342 e. The molecule has 158 valence electrons. The van der Waals surface area contributed by atoms with Crippen molar-refractivity contribution in [2.45, 2.75) is 31.6 Å². The molecule has 0 aliphatic rings. The number of benzene rings is 2. The van der Waals surface area contributed by atoms with E-state index in [0.717, 1.165) is 24.3 Å². The second kappa shape index (κ2) is 8.27. The number of nitrogens with zero attached hydrogens (tertiary/aromatic N) is 1. The van der Waals surface area contributed by atoms with Crippen LogP contribution in [0.3, 0.4) is 0 Å². The predicted molar refractivity (Wildman–Crippen MR) is 108 cm³/mol. The van der Waals surface area contributed by atoms with Crippen LogP contribution < -0.4 is 4.31 Å². The van der Waals surface area contributed by atoms with Crippen molar-refractivity contribution in [3.8, 4) is 0 Å². The zero-order valence-corrected chi connectivity index (χ0v) is 17.5. The van der Waals surface area contributed by atoms with Crippen LogP contribution in [0.1, 0.15) is 35.9 Å². The van der Waals surface area contributed by atoms with Gasteiger partial charge in [0.15, 0.2) is 0 Å². The third-order valence-corrected chi connectivity index (χ3v) is 6.28. The molecule has 0 unspecified atom stereocenters. The van der Waals surface area contributed by atoms with Crippen LogP contribution in [0, 0.1) is 12.7 Å². The molecule has 0 N–H and O–H groups in total. The first-order valence-corrected chi connectivity index (χ1v) is 10.6. The number of aryl methyl sites for hydroxylation is 1. The normalized spacial score (nSPS) is 11.5. The van der Waals surface area contributed by atoms with Crippen molar-refractivity contribution in [3.05, 3.63) is 59.6 Å². The Kier molecular flexibility index (Phi) is 5.93. The highest BCUT2D eigenvalue weighted by atomic mass is 32.2. The summed E-state index contributed by atoms with van der Waals surface area (Å²) in [5, 5.41) is 0.320. The SMILES string of the molecule is CCCC(=O)N(c1ccc2oc(C)c(C(=O)OC)c2c1)S(=O)(=O)c1ccc(F)cc1. The Morgan fingerprint density at radius 3 is 2.40 bits per heavy atom. The Morgan fingerprint density at radius 2 is 1.80 bits per heavy atom. The molecule has 0 fully saturated rings. The van der Waals surface area contributed by atoms with Gasteiger partial charge < -0.3 is 9.15 Å². The number of rotatable bonds is 6. The Labute approximate surface area is 173 Å². The van der Waals surface area contributed by atoms with E-state index in [1.165, 1.54) is 25.3 Å². The summed E-state index contributed by atoms with van der Waals surface area (Å²) in [5.41, 5.74) is 0.534. The molecule has 7 nitrogen and oxygen atoms in total. The van der Waals surface area contributed by atoms with E-state index >= 15 is 0 Å². The fourth-order valence-electron chi connectivity index (χ4n) is 3.13. The first kappa shape index (κ1) is 21.5. The largest absolute Gasteiger partial charge is 0.465 e. The lowest BCUT2D eigenvalue weighted by Gasteiger charge is -2.22. The standard InChI is InChI=1S/C21H20FNO6S/c1-4-5-19(24)23(30(26,27)16-9-6-14(22)7-10-16)15-8-11-18-17(12-15)20(13(2)29-18)21(25)28-3/h6-12H,4-5H2,1-3H3. The molecule has 1 aromatic heterocycles. The molecule has 0 radical (unpaired) electrons. The average molecular weight is 433 g/mol. The molecule has 30 heavy (non-hydrogen) atoms. The summed E-state index contributed by atoms with van der Waals surface area (Å²) in [7, 11) is -3.10. The lowest BCUT2D eigenvalue weighted by Crippen LogP contribution is -2.36. The Balaban J connectivity index is 2.22. The topological polar surface area (TPSA) is 93.9 Å². The molecule has 2 aromatic carbocycles. The predicted octanol–water partition coefficient (Wildman–Crippen LogP) is 4.19. The minimum Gasteiger partial charge on any atom is -0.465 e. The summed E-state index contributed by atoms with van der Waals surface area (Å²) in [4.78, 5) is 24.7. The maximum absolute atomic E-state index is 13.3. The van der Waals surface area contributed by atoms with E-state index in [0.29, 0.717) is 27.5 Å². The molecule has 3 aromatic rings. The van der Waals surface area contributed by atoms with Crippen molar-refractivity contribution in [1.82, 2.24) is 0 Å². The molecular weight excluding hydrogens is 413 g/mol. The molecule has 3 rings (SSSR count). The highest BCUT2D eigenvalue weighted by Gasteiger charge is 2.31. The maximum Gasteiger partial charge on any atom is 0.342 e. The Morgan fingerprint density at radius 1 is 1.13 bits per heavy atom. The second-order valence-corrected chi connectivity index (χ2v) is 8.36. The van der Waals surface area contributed by atoms with Crippen LogP contribution in [0.4, 0.5) is 10.1 Å². The molecule has 0 bridgehead atoms. The maximum atomic E-state index is 13.3. The number of hydrogen-bond acceptors (Lipinski definition) is 6. The number of hydrogen-bond donors (Lipinski definition) is 0. The summed E-state index contributed by atoms with van der Waals surface area (Å²) in [6.45, 7) is 3.33. The van der Waals surface area contributed by atoms with Crippen LogP contribution in [-0.4, -0.2) is 27.4 Å². The number of ether oxygens (including phenoxy) is 1. The molecule has 0 atom stereocenters. The molecule has 0 spiro atoms. The van der Waals surface area contributed by atoms with Crippen LogP contribution in [0.5, 0.6) is 0 Å². The van der Waals surface area contributed by atoms with Gasteiger partial charge in [0.05, 0.1) is 17.7 Å². The highest BCUT2D eigenvalue weighted by Crippen LogP contribution is 2.33. The Hall–Kier alpha value is -3.20. The number of halogens is 1. The quantitative estimate of drug-likeness (QED) is 0.541. The van der Waals surface area contributed by atoms with Gasteiger partial charge in [-0.1, -0.05) is 6.92 Å². The summed E-state index contributed by atoms with van der Waals surface area (Å²) < 4.78 is 50.8. The fraction of sp³-hybridized carbons (Fsp3) is 0.238. The van der Waals surface area contributed by atoms with Gasteiger partial charge in [-0.3, -0.25) is 4.79 Å². The molecular formula is C21H20FNO6S. The first-order chi connectivity index (χ1) is 14.2. The van der Waals surface area contributed by atoms with Crippen LogP contribution in [0.15, 0.2) is 51.8 Å². The van der Waals surface area contributed by atoms with Crippen LogP contribution >= 0.6 is 0 Å². The third-order valence-electron chi connectivity index (χ3n) is 4.51.